The van der Waals surface area contributed by atoms with Crippen LogP contribution in [0.15, 0.2) is 24.3 Å². The highest BCUT2D eigenvalue weighted by Gasteiger charge is 2.62. The Morgan fingerprint density at radius 1 is 1.36 bits per heavy atom. The van der Waals surface area contributed by atoms with E-state index in [4.69, 9.17) is 9.47 Å². The molecule has 0 unspecified atom stereocenters. The van der Waals surface area contributed by atoms with Gasteiger partial charge in [0, 0.05) is 24.2 Å². The molecule has 0 aliphatic carbocycles. The van der Waals surface area contributed by atoms with Crippen LogP contribution < -0.4 is 5.32 Å². The average molecular weight is 386 g/mol. The van der Waals surface area contributed by atoms with E-state index < -0.39 is 23.6 Å². The Labute approximate surface area is 164 Å². The zero-order valence-corrected chi connectivity index (χ0v) is 16.1. The van der Waals surface area contributed by atoms with Gasteiger partial charge < -0.3 is 19.9 Å². The fourth-order valence-electron chi connectivity index (χ4n) is 6.23. The van der Waals surface area contributed by atoms with Gasteiger partial charge in [0.2, 0.25) is 5.91 Å². The first-order chi connectivity index (χ1) is 13.5. The number of amides is 1. The summed E-state index contributed by atoms with van der Waals surface area (Å²) >= 11 is 0. The van der Waals surface area contributed by atoms with Crippen LogP contribution >= 0.6 is 0 Å². The molecule has 3 saturated heterocycles. The van der Waals surface area contributed by atoms with E-state index in [-0.39, 0.29) is 29.9 Å². The van der Waals surface area contributed by atoms with Crippen molar-refractivity contribution in [3.05, 3.63) is 29.8 Å². The van der Waals surface area contributed by atoms with Crippen molar-refractivity contribution in [2.45, 2.75) is 43.6 Å². The third-order valence-corrected chi connectivity index (χ3v) is 7.55. The number of methoxy groups -OCH3 is 1. The van der Waals surface area contributed by atoms with Crippen LogP contribution in [0.25, 0.3) is 0 Å². The topological polar surface area (TPSA) is 88.1 Å². The van der Waals surface area contributed by atoms with Crippen LogP contribution in [-0.4, -0.2) is 60.5 Å². The van der Waals surface area contributed by atoms with Crippen LogP contribution in [0.3, 0.4) is 0 Å². The Bertz CT molecular complexity index is 829. The zero-order chi connectivity index (χ0) is 19.6. The molecular formula is C21H26N2O5. The number of esters is 1. The molecule has 0 aromatic heterocycles. The Hall–Kier alpha value is -1.96. The van der Waals surface area contributed by atoms with Gasteiger partial charge in [-0.05, 0) is 43.9 Å². The summed E-state index contributed by atoms with van der Waals surface area (Å²) in [7, 11) is 1.34. The molecule has 3 fully saturated rings. The quantitative estimate of drug-likeness (QED) is 0.703. The predicted octanol–water partition coefficient (Wildman–Crippen LogP) is 1.11. The Morgan fingerprint density at radius 2 is 2.14 bits per heavy atom. The lowest BCUT2D eigenvalue weighted by atomic mass is 9.64. The number of benzene rings is 1. The normalized spacial score (nSPS) is 41.9. The lowest BCUT2D eigenvalue weighted by molar-refractivity contribution is -0.244. The molecule has 0 saturated carbocycles. The number of anilines is 1. The van der Waals surface area contributed by atoms with E-state index in [0.717, 1.165) is 30.8 Å². The minimum Gasteiger partial charge on any atom is -0.469 e. The van der Waals surface area contributed by atoms with Gasteiger partial charge in [0.1, 0.15) is 5.92 Å². The van der Waals surface area contributed by atoms with Crippen molar-refractivity contribution in [2.24, 2.45) is 17.8 Å². The fourth-order valence-corrected chi connectivity index (χ4v) is 6.23. The first-order valence-electron chi connectivity index (χ1n) is 10.0. The van der Waals surface area contributed by atoms with E-state index in [0.29, 0.717) is 6.42 Å². The maximum Gasteiger partial charge on any atom is 0.314 e. The number of carbonyl (C=O) groups excluding carboxylic acids is 2. The van der Waals surface area contributed by atoms with E-state index in [9.17, 15) is 14.7 Å². The third kappa shape index (κ3) is 2.27. The zero-order valence-electron chi connectivity index (χ0n) is 16.1. The third-order valence-electron chi connectivity index (χ3n) is 7.55. The van der Waals surface area contributed by atoms with Crippen molar-refractivity contribution in [1.82, 2.24) is 4.90 Å². The summed E-state index contributed by atoms with van der Waals surface area (Å²) in [5.74, 6) is -1.06. The number of hydrogen-bond donors (Lipinski definition) is 2. The summed E-state index contributed by atoms with van der Waals surface area (Å²) in [6.45, 7) is 3.56. The van der Waals surface area contributed by atoms with Crippen molar-refractivity contribution in [2.75, 3.05) is 25.5 Å². The number of piperidine rings is 1. The standard InChI is InChI=1S/C21H26N2O5/c1-11-13-10-23-8-7-21(14-5-3-4-6-15(14)22-20(21)26)16(23)9-12(13)17(18(24)27-2)19(25)28-11/h3-6,11-13,16-17,19,25H,7-10H2,1-2H3,(H,22,26)/t11-,12-,13+,16-,17-,19+,21+/m0/s1. The minimum atomic E-state index is -1.17. The molecule has 150 valence electrons. The number of ether oxygens (including phenoxy) is 2. The summed E-state index contributed by atoms with van der Waals surface area (Å²) in [5, 5.41) is 13.5. The fraction of sp³-hybridized carbons (Fsp3) is 0.619. The number of carbonyl (C=O) groups is 2. The summed E-state index contributed by atoms with van der Waals surface area (Å²) in [6, 6.07) is 7.91. The summed E-state index contributed by atoms with van der Waals surface area (Å²) < 4.78 is 10.7. The van der Waals surface area contributed by atoms with Crippen LogP contribution in [0, 0.1) is 17.8 Å². The van der Waals surface area contributed by atoms with Gasteiger partial charge in [0.25, 0.3) is 0 Å². The maximum absolute atomic E-state index is 13.2. The van der Waals surface area contributed by atoms with Gasteiger partial charge in [-0.15, -0.1) is 0 Å². The number of fused-ring (bicyclic) bond motifs is 5. The molecule has 4 aliphatic rings. The molecule has 1 aromatic rings. The highest BCUT2D eigenvalue weighted by molar-refractivity contribution is 6.07. The SMILES string of the molecule is COC(=O)[C@@H]1[C@H]2C[C@@H]3N(CC[C@]34C(=O)Nc3ccccc34)C[C@@H]2[C@H](C)O[C@H]1O. The lowest BCUT2D eigenvalue weighted by Gasteiger charge is -2.51. The van der Waals surface area contributed by atoms with Crippen LogP contribution in [0.5, 0.6) is 0 Å². The second-order valence-electron chi connectivity index (χ2n) is 8.58. The average Bonchev–Trinajstić information content (AvgIpc) is 3.20. The molecule has 0 bridgehead atoms. The van der Waals surface area contributed by atoms with Crippen molar-refractivity contribution in [1.29, 1.82) is 0 Å². The monoisotopic (exact) mass is 386 g/mol. The predicted molar refractivity (Wildman–Crippen MR) is 100 cm³/mol. The molecule has 2 N–H and O–H groups in total. The van der Waals surface area contributed by atoms with Crippen molar-refractivity contribution in [3.8, 4) is 0 Å². The molecule has 4 heterocycles. The number of rotatable bonds is 1. The van der Waals surface area contributed by atoms with Crippen LogP contribution in [0.2, 0.25) is 0 Å². The van der Waals surface area contributed by atoms with Gasteiger partial charge in [-0.2, -0.15) is 0 Å². The molecule has 1 amide bonds. The van der Waals surface area contributed by atoms with Crippen molar-refractivity contribution < 1.29 is 24.2 Å². The number of hydrogen-bond acceptors (Lipinski definition) is 6. The molecule has 1 spiro atoms. The van der Waals surface area contributed by atoms with Gasteiger partial charge >= 0.3 is 5.97 Å². The molecule has 5 rings (SSSR count). The molecule has 7 nitrogen and oxygen atoms in total. The number of aliphatic hydroxyl groups excluding tert-OH is 1. The van der Waals surface area contributed by atoms with E-state index in [1.54, 1.807) is 0 Å². The van der Waals surface area contributed by atoms with Crippen molar-refractivity contribution >= 4 is 17.6 Å². The van der Waals surface area contributed by atoms with Crippen LogP contribution in [0.4, 0.5) is 5.69 Å². The van der Waals surface area contributed by atoms with Gasteiger partial charge in [-0.1, -0.05) is 18.2 Å². The molecule has 7 atom stereocenters. The molecule has 4 aliphatic heterocycles. The molecular weight excluding hydrogens is 360 g/mol. The van der Waals surface area contributed by atoms with E-state index in [2.05, 4.69) is 10.2 Å². The molecule has 7 heteroatoms. The second kappa shape index (κ2) is 6.27. The number of nitrogens with one attached hydrogen (secondary N) is 1. The Kier molecular flexibility index (Phi) is 4.05. The van der Waals surface area contributed by atoms with E-state index in [1.807, 2.05) is 31.2 Å². The smallest absolute Gasteiger partial charge is 0.314 e. The Morgan fingerprint density at radius 3 is 2.93 bits per heavy atom. The van der Waals surface area contributed by atoms with Crippen molar-refractivity contribution in [3.63, 3.8) is 0 Å². The summed E-state index contributed by atoms with van der Waals surface area (Å²) in [4.78, 5) is 28.0. The molecule has 0 radical (unpaired) electrons. The van der Waals surface area contributed by atoms with Crippen LogP contribution in [0.1, 0.15) is 25.3 Å². The minimum absolute atomic E-state index is 0.00190. The molecule has 28 heavy (non-hydrogen) atoms. The van der Waals surface area contributed by atoms with Gasteiger partial charge in [-0.25, -0.2) is 0 Å². The van der Waals surface area contributed by atoms with Gasteiger partial charge in [-0.3, -0.25) is 14.5 Å². The maximum atomic E-state index is 13.2. The lowest BCUT2D eigenvalue weighted by Crippen LogP contribution is -2.61. The number of nitrogens with zero attached hydrogens (tertiary/aromatic N) is 1. The summed E-state index contributed by atoms with van der Waals surface area (Å²) in [6.07, 6.45) is 0.109. The number of para-hydroxylation sites is 1. The van der Waals surface area contributed by atoms with Crippen LogP contribution in [-0.2, 0) is 24.5 Å². The van der Waals surface area contributed by atoms with Gasteiger partial charge in [0.05, 0.1) is 18.6 Å². The summed E-state index contributed by atoms with van der Waals surface area (Å²) in [5.41, 5.74) is 1.36. The van der Waals surface area contributed by atoms with Gasteiger partial charge in [0.15, 0.2) is 6.29 Å². The molecule has 1 aromatic carbocycles. The van der Waals surface area contributed by atoms with E-state index in [1.165, 1.54) is 7.11 Å². The number of aliphatic hydroxyl groups is 1. The highest BCUT2D eigenvalue weighted by atomic mass is 16.6. The van der Waals surface area contributed by atoms with E-state index >= 15 is 0 Å². The largest absolute Gasteiger partial charge is 0.469 e. The first-order valence-corrected chi connectivity index (χ1v) is 10.0. The first kappa shape index (κ1) is 18.1. The Balaban J connectivity index is 1.54. The second-order valence-corrected chi connectivity index (χ2v) is 8.58. The highest BCUT2D eigenvalue weighted by Crippen LogP contribution is 2.54.